The van der Waals surface area contributed by atoms with Crippen molar-refractivity contribution in [1.82, 2.24) is 5.32 Å². The summed E-state index contributed by atoms with van der Waals surface area (Å²) in [5, 5.41) is 3.06. The zero-order valence-electron chi connectivity index (χ0n) is 11.0. The van der Waals surface area contributed by atoms with Crippen molar-refractivity contribution < 1.29 is 0 Å². The standard InChI is InChI=1S/C14H23N3/c1-4-9-16-14(15)17-10-12-5-7-13(8-6-12)11(2)3/h5-8,11H,4,9-10H2,1-3H3,(H3,15,16,17). The van der Waals surface area contributed by atoms with Crippen molar-refractivity contribution in [2.75, 3.05) is 6.54 Å². The Labute approximate surface area is 104 Å². The molecule has 0 spiro atoms. The lowest BCUT2D eigenvalue weighted by Gasteiger charge is -2.06. The van der Waals surface area contributed by atoms with Crippen molar-refractivity contribution in [3.8, 4) is 0 Å². The molecule has 0 aliphatic carbocycles. The second kappa shape index (κ2) is 6.94. The molecule has 17 heavy (non-hydrogen) atoms. The second-order valence-electron chi connectivity index (χ2n) is 4.52. The van der Waals surface area contributed by atoms with Crippen LogP contribution >= 0.6 is 0 Å². The van der Waals surface area contributed by atoms with E-state index in [1.807, 2.05) is 0 Å². The summed E-state index contributed by atoms with van der Waals surface area (Å²) in [6.07, 6.45) is 1.05. The van der Waals surface area contributed by atoms with E-state index < -0.39 is 0 Å². The monoisotopic (exact) mass is 233 g/mol. The van der Waals surface area contributed by atoms with Crippen molar-refractivity contribution in [2.45, 2.75) is 39.7 Å². The fourth-order valence-electron chi connectivity index (χ4n) is 1.49. The van der Waals surface area contributed by atoms with Gasteiger partial charge < -0.3 is 11.1 Å². The molecule has 3 nitrogen and oxygen atoms in total. The van der Waals surface area contributed by atoms with Crippen LogP contribution in [0.2, 0.25) is 0 Å². The topological polar surface area (TPSA) is 50.4 Å². The molecule has 1 rings (SSSR count). The second-order valence-corrected chi connectivity index (χ2v) is 4.52. The Morgan fingerprint density at radius 1 is 1.29 bits per heavy atom. The van der Waals surface area contributed by atoms with Crippen molar-refractivity contribution in [2.24, 2.45) is 10.7 Å². The van der Waals surface area contributed by atoms with Gasteiger partial charge in [0, 0.05) is 6.54 Å². The van der Waals surface area contributed by atoms with Crippen LogP contribution in [0.25, 0.3) is 0 Å². The molecule has 3 heteroatoms. The van der Waals surface area contributed by atoms with Crippen LogP contribution in [0.4, 0.5) is 0 Å². The van der Waals surface area contributed by atoms with Gasteiger partial charge in [0.2, 0.25) is 0 Å². The summed E-state index contributed by atoms with van der Waals surface area (Å²) < 4.78 is 0. The van der Waals surface area contributed by atoms with E-state index in [1.165, 1.54) is 11.1 Å². The van der Waals surface area contributed by atoms with Crippen molar-refractivity contribution in [1.29, 1.82) is 0 Å². The fraction of sp³-hybridized carbons (Fsp3) is 0.500. The molecule has 0 bridgehead atoms. The fourth-order valence-corrected chi connectivity index (χ4v) is 1.49. The van der Waals surface area contributed by atoms with Gasteiger partial charge in [-0.15, -0.1) is 0 Å². The van der Waals surface area contributed by atoms with Gasteiger partial charge in [0.15, 0.2) is 5.96 Å². The third-order valence-corrected chi connectivity index (χ3v) is 2.63. The van der Waals surface area contributed by atoms with Crippen LogP contribution in [0.3, 0.4) is 0 Å². The maximum atomic E-state index is 5.72. The van der Waals surface area contributed by atoms with E-state index in [0.717, 1.165) is 13.0 Å². The molecule has 1 aromatic carbocycles. The summed E-state index contributed by atoms with van der Waals surface area (Å²) in [5.74, 6) is 1.10. The van der Waals surface area contributed by atoms with Gasteiger partial charge in [-0.3, -0.25) is 0 Å². The Hall–Kier alpha value is -1.51. The van der Waals surface area contributed by atoms with Crippen molar-refractivity contribution in [3.05, 3.63) is 35.4 Å². The molecular weight excluding hydrogens is 210 g/mol. The lowest BCUT2D eigenvalue weighted by atomic mass is 10.0. The first-order chi connectivity index (χ1) is 8.13. The average Bonchev–Trinajstić information content (AvgIpc) is 2.34. The summed E-state index contributed by atoms with van der Waals surface area (Å²) >= 11 is 0. The molecule has 0 saturated heterocycles. The normalized spacial score (nSPS) is 11.9. The Morgan fingerprint density at radius 2 is 1.94 bits per heavy atom. The molecule has 0 atom stereocenters. The van der Waals surface area contributed by atoms with E-state index in [1.54, 1.807) is 0 Å². The number of benzene rings is 1. The van der Waals surface area contributed by atoms with Gasteiger partial charge in [-0.1, -0.05) is 45.0 Å². The molecular formula is C14H23N3. The number of hydrogen-bond acceptors (Lipinski definition) is 1. The van der Waals surface area contributed by atoms with E-state index in [-0.39, 0.29) is 0 Å². The highest BCUT2D eigenvalue weighted by Gasteiger charge is 1.98. The smallest absolute Gasteiger partial charge is 0.188 e. The molecule has 1 aromatic rings. The maximum absolute atomic E-state index is 5.72. The van der Waals surface area contributed by atoms with E-state index in [9.17, 15) is 0 Å². The van der Waals surface area contributed by atoms with Crippen molar-refractivity contribution in [3.63, 3.8) is 0 Å². The summed E-state index contributed by atoms with van der Waals surface area (Å²) in [5.41, 5.74) is 8.27. The maximum Gasteiger partial charge on any atom is 0.188 e. The van der Waals surface area contributed by atoms with Crippen LogP contribution in [0.1, 0.15) is 44.2 Å². The van der Waals surface area contributed by atoms with Crippen LogP contribution in [-0.4, -0.2) is 12.5 Å². The molecule has 0 amide bonds. The van der Waals surface area contributed by atoms with Gasteiger partial charge in [0.1, 0.15) is 0 Å². The summed E-state index contributed by atoms with van der Waals surface area (Å²) in [7, 11) is 0. The van der Waals surface area contributed by atoms with Crippen molar-refractivity contribution >= 4 is 5.96 Å². The number of hydrogen-bond donors (Lipinski definition) is 2. The van der Waals surface area contributed by atoms with Crippen LogP contribution in [0.5, 0.6) is 0 Å². The molecule has 0 aliphatic rings. The van der Waals surface area contributed by atoms with E-state index in [2.05, 4.69) is 55.3 Å². The first-order valence-corrected chi connectivity index (χ1v) is 6.26. The Bertz CT molecular complexity index is 352. The molecule has 3 N–H and O–H groups in total. The Balaban J connectivity index is 2.51. The minimum absolute atomic E-state index is 0.528. The third kappa shape index (κ3) is 4.89. The van der Waals surface area contributed by atoms with Crippen LogP contribution in [-0.2, 0) is 6.54 Å². The predicted molar refractivity (Wildman–Crippen MR) is 74.2 cm³/mol. The predicted octanol–water partition coefficient (Wildman–Crippen LogP) is 2.62. The number of nitrogens with one attached hydrogen (secondary N) is 1. The minimum Gasteiger partial charge on any atom is -0.370 e. The number of nitrogens with zero attached hydrogens (tertiary/aromatic N) is 1. The number of guanidine groups is 1. The Morgan fingerprint density at radius 3 is 2.47 bits per heavy atom. The largest absolute Gasteiger partial charge is 0.370 e. The number of nitrogens with two attached hydrogens (primary N) is 1. The quantitative estimate of drug-likeness (QED) is 0.606. The zero-order valence-corrected chi connectivity index (χ0v) is 11.0. The summed E-state index contributed by atoms with van der Waals surface area (Å²) in [6, 6.07) is 8.55. The lowest BCUT2D eigenvalue weighted by molar-refractivity contribution is 0.825. The molecule has 0 fully saturated rings. The zero-order chi connectivity index (χ0) is 12.7. The summed E-state index contributed by atoms with van der Waals surface area (Å²) in [6.45, 7) is 8.01. The summed E-state index contributed by atoms with van der Waals surface area (Å²) in [4.78, 5) is 4.29. The molecule has 0 aliphatic heterocycles. The first kappa shape index (κ1) is 13.6. The van der Waals surface area contributed by atoms with E-state index in [4.69, 9.17) is 5.73 Å². The molecule has 0 saturated carbocycles. The molecule has 94 valence electrons. The SMILES string of the molecule is CCCNC(N)=NCc1ccc(C(C)C)cc1. The van der Waals surface area contributed by atoms with Gasteiger partial charge >= 0.3 is 0 Å². The van der Waals surface area contributed by atoms with Gasteiger partial charge in [-0.25, -0.2) is 4.99 Å². The molecule has 0 unspecified atom stereocenters. The van der Waals surface area contributed by atoms with Gasteiger partial charge in [0.05, 0.1) is 6.54 Å². The van der Waals surface area contributed by atoms with Gasteiger partial charge in [-0.2, -0.15) is 0 Å². The molecule has 0 aromatic heterocycles. The highest BCUT2D eigenvalue weighted by Crippen LogP contribution is 2.14. The highest BCUT2D eigenvalue weighted by atomic mass is 15.1. The van der Waals surface area contributed by atoms with Crippen LogP contribution in [0.15, 0.2) is 29.3 Å². The lowest BCUT2D eigenvalue weighted by Crippen LogP contribution is -2.32. The Kier molecular flexibility index (Phi) is 5.53. The van der Waals surface area contributed by atoms with Gasteiger partial charge in [-0.05, 0) is 23.5 Å². The van der Waals surface area contributed by atoms with Crippen LogP contribution in [0, 0.1) is 0 Å². The number of aliphatic imine (C=N–C) groups is 1. The highest BCUT2D eigenvalue weighted by molar-refractivity contribution is 5.77. The number of rotatable bonds is 5. The average molecular weight is 233 g/mol. The molecule has 0 radical (unpaired) electrons. The molecule has 0 heterocycles. The first-order valence-electron chi connectivity index (χ1n) is 6.26. The van der Waals surface area contributed by atoms with E-state index in [0.29, 0.717) is 18.4 Å². The minimum atomic E-state index is 0.528. The third-order valence-electron chi connectivity index (χ3n) is 2.63. The van der Waals surface area contributed by atoms with Crippen LogP contribution < -0.4 is 11.1 Å². The van der Waals surface area contributed by atoms with E-state index >= 15 is 0 Å². The van der Waals surface area contributed by atoms with Gasteiger partial charge in [0.25, 0.3) is 0 Å².